The van der Waals surface area contributed by atoms with E-state index in [0.29, 0.717) is 41.8 Å². The van der Waals surface area contributed by atoms with Crippen LogP contribution in [0.5, 0.6) is 11.5 Å². The van der Waals surface area contributed by atoms with E-state index in [1.807, 2.05) is 18.2 Å². The zero-order chi connectivity index (χ0) is 18.6. The first-order valence-electron chi connectivity index (χ1n) is 8.37. The summed E-state index contributed by atoms with van der Waals surface area (Å²) in [6.07, 6.45) is 1.53. The number of halogens is 1. The third-order valence-electron chi connectivity index (χ3n) is 3.92. The lowest BCUT2D eigenvalue weighted by Crippen LogP contribution is -2.15. The highest BCUT2D eigenvalue weighted by molar-refractivity contribution is 6.04. The molecule has 0 unspecified atom stereocenters. The number of rotatable bonds is 4. The minimum atomic E-state index is -0.413. The van der Waals surface area contributed by atoms with Crippen LogP contribution in [0.15, 0.2) is 60.8 Å². The zero-order valence-electron chi connectivity index (χ0n) is 14.2. The quantitative estimate of drug-likeness (QED) is 0.731. The maximum Gasteiger partial charge on any atom is 0.255 e. The van der Waals surface area contributed by atoms with E-state index in [-0.39, 0.29) is 5.91 Å². The first-order chi connectivity index (χ1) is 13.2. The molecule has 3 aromatic rings. The molecule has 1 aliphatic heterocycles. The summed E-state index contributed by atoms with van der Waals surface area (Å²) >= 11 is 0. The molecule has 0 saturated heterocycles. The molecule has 0 spiro atoms. The lowest BCUT2D eigenvalue weighted by molar-refractivity contribution is 0.102. The standard InChI is InChI=1S/C20H16FN3O3/c21-14-2-1-3-15(11-14)24-20(25)13-6-7-22-19(10-13)23-16-4-5-17-18(12-16)27-9-8-26-17/h1-7,10-12H,8-9H2,(H,22,23)(H,24,25). The molecule has 0 atom stereocenters. The van der Waals surface area contributed by atoms with Gasteiger partial charge in [-0.15, -0.1) is 0 Å². The van der Waals surface area contributed by atoms with Crippen molar-refractivity contribution in [3.05, 3.63) is 72.2 Å². The molecule has 4 rings (SSSR count). The van der Waals surface area contributed by atoms with Gasteiger partial charge in [0.1, 0.15) is 24.8 Å². The van der Waals surface area contributed by atoms with Crippen LogP contribution in [0.1, 0.15) is 10.4 Å². The average Bonchev–Trinajstić information content (AvgIpc) is 2.68. The number of nitrogens with zero attached hydrogens (tertiary/aromatic N) is 1. The van der Waals surface area contributed by atoms with Crippen molar-refractivity contribution in [1.29, 1.82) is 0 Å². The van der Waals surface area contributed by atoms with Crippen LogP contribution in [-0.2, 0) is 0 Å². The molecule has 7 heteroatoms. The summed E-state index contributed by atoms with van der Waals surface area (Å²) in [7, 11) is 0. The second-order valence-corrected chi connectivity index (χ2v) is 5.88. The molecule has 1 aliphatic rings. The SMILES string of the molecule is O=C(Nc1cccc(F)c1)c1ccnc(Nc2ccc3c(c2)OCCO3)c1. The first-order valence-corrected chi connectivity index (χ1v) is 8.37. The van der Waals surface area contributed by atoms with Gasteiger partial charge in [0.25, 0.3) is 5.91 Å². The van der Waals surface area contributed by atoms with Gasteiger partial charge in [-0.3, -0.25) is 4.79 Å². The van der Waals surface area contributed by atoms with Crippen LogP contribution in [0.3, 0.4) is 0 Å². The number of hydrogen-bond acceptors (Lipinski definition) is 5. The minimum Gasteiger partial charge on any atom is -0.486 e. The Balaban J connectivity index is 1.49. The highest BCUT2D eigenvalue weighted by atomic mass is 19.1. The minimum absolute atomic E-state index is 0.353. The molecule has 27 heavy (non-hydrogen) atoms. The molecular formula is C20H16FN3O3. The number of fused-ring (bicyclic) bond motifs is 1. The van der Waals surface area contributed by atoms with E-state index in [1.165, 1.54) is 24.4 Å². The van der Waals surface area contributed by atoms with Gasteiger partial charge in [0.05, 0.1) is 0 Å². The molecule has 2 N–H and O–H groups in total. The molecule has 2 heterocycles. The number of benzene rings is 2. The third-order valence-corrected chi connectivity index (χ3v) is 3.92. The van der Waals surface area contributed by atoms with E-state index >= 15 is 0 Å². The largest absolute Gasteiger partial charge is 0.486 e. The number of pyridine rings is 1. The lowest BCUT2D eigenvalue weighted by atomic mass is 10.2. The van der Waals surface area contributed by atoms with Gasteiger partial charge < -0.3 is 20.1 Å². The summed E-state index contributed by atoms with van der Waals surface area (Å²) in [6, 6.07) is 14.4. The van der Waals surface area contributed by atoms with Crippen molar-refractivity contribution < 1.29 is 18.7 Å². The van der Waals surface area contributed by atoms with E-state index in [1.54, 1.807) is 18.2 Å². The van der Waals surface area contributed by atoms with Crippen molar-refractivity contribution in [3.63, 3.8) is 0 Å². The number of amides is 1. The van der Waals surface area contributed by atoms with Crippen molar-refractivity contribution >= 4 is 23.1 Å². The molecule has 0 saturated carbocycles. The summed E-state index contributed by atoms with van der Waals surface area (Å²) < 4.78 is 24.3. The van der Waals surface area contributed by atoms with Crippen LogP contribution < -0.4 is 20.1 Å². The smallest absolute Gasteiger partial charge is 0.255 e. The molecule has 0 bridgehead atoms. The van der Waals surface area contributed by atoms with Gasteiger partial charge in [-0.1, -0.05) is 6.07 Å². The molecule has 136 valence electrons. The molecule has 2 aromatic carbocycles. The monoisotopic (exact) mass is 365 g/mol. The number of carbonyl (C=O) groups is 1. The number of nitrogens with one attached hydrogen (secondary N) is 2. The Morgan fingerprint density at radius 1 is 0.963 bits per heavy atom. The van der Waals surface area contributed by atoms with Crippen LogP contribution in [0.2, 0.25) is 0 Å². The van der Waals surface area contributed by atoms with Crippen LogP contribution in [0.4, 0.5) is 21.6 Å². The Morgan fingerprint density at radius 3 is 2.67 bits per heavy atom. The molecule has 1 aromatic heterocycles. The van der Waals surface area contributed by atoms with Gasteiger partial charge in [-0.2, -0.15) is 0 Å². The second-order valence-electron chi connectivity index (χ2n) is 5.88. The molecule has 6 nitrogen and oxygen atoms in total. The number of hydrogen-bond donors (Lipinski definition) is 2. The van der Waals surface area contributed by atoms with Crippen LogP contribution >= 0.6 is 0 Å². The number of aromatic nitrogens is 1. The van der Waals surface area contributed by atoms with Crippen LogP contribution in [0.25, 0.3) is 0 Å². The number of carbonyl (C=O) groups excluding carboxylic acids is 1. The molecular weight excluding hydrogens is 349 g/mol. The van der Waals surface area contributed by atoms with E-state index in [4.69, 9.17) is 9.47 Å². The summed E-state index contributed by atoms with van der Waals surface area (Å²) in [6.45, 7) is 1.04. The third kappa shape index (κ3) is 3.98. The maximum atomic E-state index is 13.3. The fourth-order valence-electron chi connectivity index (χ4n) is 2.68. The Labute approximate surface area is 155 Å². The number of ether oxygens (including phenoxy) is 2. The molecule has 0 aliphatic carbocycles. The second kappa shape index (κ2) is 7.33. The highest BCUT2D eigenvalue weighted by Gasteiger charge is 2.13. The van der Waals surface area contributed by atoms with E-state index < -0.39 is 5.82 Å². The van der Waals surface area contributed by atoms with Gasteiger partial charge in [0.15, 0.2) is 11.5 Å². The first kappa shape index (κ1) is 16.8. The van der Waals surface area contributed by atoms with Gasteiger partial charge in [-0.25, -0.2) is 9.37 Å². The Hall–Kier alpha value is -3.61. The Kier molecular flexibility index (Phi) is 4.57. The fourth-order valence-corrected chi connectivity index (χ4v) is 2.68. The highest BCUT2D eigenvalue weighted by Crippen LogP contribution is 2.33. The predicted molar refractivity (Wildman–Crippen MR) is 99.3 cm³/mol. The van der Waals surface area contributed by atoms with Crippen molar-refractivity contribution in [2.45, 2.75) is 0 Å². The topological polar surface area (TPSA) is 72.5 Å². The fraction of sp³-hybridized carbons (Fsp3) is 0.100. The van der Waals surface area contributed by atoms with Gasteiger partial charge in [0.2, 0.25) is 0 Å². The normalized spacial score (nSPS) is 12.3. The summed E-state index contributed by atoms with van der Waals surface area (Å²) in [4.78, 5) is 16.6. The summed E-state index contributed by atoms with van der Waals surface area (Å²) in [5.41, 5.74) is 1.54. The molecule has 0 radical (unpaired) electrons. The van der Waals surface area contributed by atoms with Crippen molar-refractivity contribution in [2.75, 3.05) is 23.8 Å². The van der Waals surface area contributed by atoms with E-state index in [2.05, 4.69) is 15.6 Å². The molecule has 1 amide bonds. The van der Waals surface area contributed by atoms with Crippen molar-refractivity contribution in [3.8, 4) is 11.5 Å². The lowest BCUT2D eigenvalue weighted by Gasteiger charge is -2.19. The van der Waals surface area contributed by atoms with Crippen molar-refractivity contribution in [2.24, 2.45) is 0 Å². The zero-order valence-corrected chi connectivity index (χ0v) is 14.2. The van der Waals surface area contributed by atoms with Gasteiger partial charge >= 0.3 is 0 Å². The van der Waals surface area contributed by atoms with Crippen LogP contribution in [-0.4, -0.2) is 24.1 Å². The van der Waals surface area contributed by atoms with E-state index in [0.717, 1.165) is 5.69 Å². The maximum absolute atomic E-state index is 13.3. The summed E-state index contributed by atoms with van der Waals surface area (Å²) in [5.74, 6) is 1.09. The Morgan fingerprint density at radius 2 is 1.81 bits per heavy atom. The summed E-state index contributed by atoms with van der Waals surface area (Å²) in [5, 5.41) is 5.80. The van der Waals surface area contributed by atoms with Gasteiger partial charge in [-0.05, 0) is 42.5 Å². The average molecular weight is 365 g/mol. The molecule has 0 fully saturated rings. The Bertz CT molecular complexity index is 994. The predicted octanol–water partition coefficient (Wildman–Crippen LogP) is 3.99. The van der Waals surface area contributed by atoms with Crippen LogP contribution in [0, 0.1) is 5.82 Å². The van der Waals surface area contributed by atoms with Crippen molar-refractivity contribution in [1.82, 2.24) is 4.98 Å². The number of anilines is 3. The van der Waals surface area contributed by atoms with E-state index in [9.17, 15) is 9.18 Å². The van der Waals surface area contributed by atoms with Gasteiger partial charge in [0, 0.05) is 29.2 Å².